The Kier molecular flexibility index (Phi) is 7.32. The number of rotatable bonds is 7. The summed E-state index contributed by atoms with van der Waals surface area (Å²) in [5.74, 6) is 1.89. The third kappa shape index (κ3) is 6.17. The molecule has 1 saturated heterocycles. The molecule has 2 N–H and O–H groups in total. The van der Waals surface area contributed by atoms with Crippen molar-refractivity contribution in [2.24, 2.45) is 5.92 Å². The third-order valence-corrected chi connectivity index (χ3v) is 5.84. The van der Waals surface area contributed by atoms with Gasteiger partial charge in [0.2, 0.25) is 11.8 Å². The van der Waals surface area contributed by atoms with Crippen LogP contribution >= 0.6 is 0 Å². The fourth-order valence-electron chi connectivity index (χ4n) is 3.86. The maximum absolute atomic E-state index is 12.8. The number of benzene rings is 2. The molecule has 4 rings (SSSR count). The van der Waals surface area contributed by atoms with Gasteiger partial charge in [-0.15, -0.1) is 0 Å². The number of aromatic nitrogens is 1. The van der Waals surface area contributed by atoms with Crippen LogP contribution in [0.5, 0.6) is 11.5 Å². The van der Waals surface area contributed by atoms with Crippen molar-refractivity contribution in [1.29, 1.82) is 0 Å². The van der Waals surface area contributed by atoms with Gasteiger partial charge >= 0.3 is 0 Å². The van der Waals surface area contributed by atoms with Crippen molar-refractivity contribution in [1.82, 2.24) is 9.88 Å². The van der Waals surface area contributed by atoms with Crippen LogP contribution in [0.4, 0.5) is 11.5 Å². The first-order valence-electron chi connectivity index (χ1n) is 11.2. The number of carbonyl (C=O) groups is 2. The van der Waals surface area contributed by atoms with Crippen LogP contribution in [0.25, 0.3) is 0 Å². The zero-order valence-corrected chi connectivity index (χ0v) is 18.6. The molecule has 1 aliphatic rings. The number of hydrogen-bond donors (Lipinski definition) is 2. The molecular formula is C26H28N4O3. The molecule has 7 nitrogen and oxygen atoms in total. The van der Waals surface area contributed by atoms with Crippen molar-refractivity contribution in [3.63, 3.8) is 0 Å². The lowest BCUT2D eigenvalue weighted by atomic mass is 9.95. The number of ether oxygens (including phenoxy) is 1. The molecule has 0 saturated carbocycles. The minimum Gasteiger partial charge on any atom is -0.457 e. The Morgan fingerprint density at radius 2 is 1.58 bits per heavy atom. The summed E-state index contributed by atoms with van der Waals surface area (Å²) in [6.07, 6.45) is 3.08. The van der Waals surface area contributed by atoms with Crippen molar-refractivity contribution in [2.75, 3.05) is 23.7 Å². The minimum absolute atomic E-state index is 0.0109. The van der Waals surface area contributed by atoms with Crippen molar-refractivity contribution < 1.29 is 14.3 Å². The minimum atomic E-state index is -0.287. The number of carbonyl (C=O) groups excluding carboxylic acids is 2. The smallest absolute Gasteiger partial charge is 0.241 e. The first-order valence-corrected chi connectivity index (χ1v) is 11.2. The Hall–Kier alpha value is -3.71. The second-order valence-electron chi connectivity index (χ2n) is 8.12. The van der Waals surface area contributed by atoms with Crippen molar-refractivity contribution in [3.8, 4) is 11.5 Å². The molecule has 0 aliphatic carbocycles. The van der Waals surface area contributed by atoms with E-state index in [-0.39, 0.29) is 23.8 Å². The van der Waals surface area contributed by atoms with E-state index >= 15 is 0 Å². The van der Waals surface area contributed by atoms with Crippen molar-refractivity contribution in [2.45, 2.75) is 25.8 Å². The molecule has 33 heavy (non-hydrogen) atoms. The van der Waals surface area contributed by atoms with Crippen molar-refractivity contribution in [3.05, 3.63) is 79.0 Å². The van der Waals surface area contributed by atoms with Crippen molar-refractivity contribution >= 4 is 23.3 Å². The van der Waals surface area contributed by atoms with Crippen LogP contribution in [0.15, 0.2) is 79.0 Å². The fraction of sp³-hybridized carbons (Fsp3) is 0.269. The van der Waals surface area contributed by atoms with E-state index in [9.17, 15) is 9.59 Å². The van der Waals surface area contributed by atoms with Gasteiger partial charge in [0.1, 0.15) is 17.3 Å². The fourth-order valence-corrected chi connectivity index (χ4v) is 3.86. The van der Waals surface area contributed by atoms with Gasteiger partial charge in [0, 0.05) is 17.8 Å². The number of anilines is 2. The molecule has 1 aromatic heterocycles. The molecular weight excluding hydrogens is 416 g/mol. The molecule has 170 valence electrons. The van der Waals surface area contributed by atoms with Gasteiger partial charge in [-0.25, -0.2) is 4.98 Å². The van der Waals surface area contributed by atoms with Crippen LogP contribution in [-0.2, 0) is 9.59 Å². The van der Waals surface area contributed by atoms with E-state index in [0.717, 1.165) is 11.4 Å². The highest BCUT2D eigenvalue weighted by Crippen LogP contribution is 2.24. The predicted octanol–water partition coefficient (Wildman–Crippen LogP) is 4.55. The number of likely N-dealkylation sites (tertiary alicyclic amines) is 1. The number of piperidine rings is 1. The topological polar surface area (TPSA) is 83.6 Å². The molecule has 1 atom stereocenters. The molecule has 1 aliphatic heterocycles. The Labute approximate surface area is 193 Å². The molecule has 0 spiro atoms. The average molecular weight is 445 g/mol. The van der Waals surface area contributed by atoms with Gasteiger partial charge < -0.3 is 15.4 Å². The summed E-state index contributed by atoms with van der Waals surface area (Å²) in [4.78, 5) is 31.5. The van der Waals surface area contributed by atoms with E-state index in [2.05, 4.69) is 20.5 Å². The third-order valence-electron chi connectivity index (χ3n) is 5.84. The Bertz CT molecular complexity index is 1050. The lowest BCUT2D eigenvalue weighted by molar-refractivity contribution is -0.123. The van der Waals surface area contributed by atoms with Gasteiger partial charge in [-0.2, -0.15) is 0 Å². The standard InChI is InChI=1S/C26H28N4O3/c1-19(30-17-14-20(15-18-30)26(32)29-24-9-5-6-16-27-24)25(31)28-21-10-12-23(13-11-21)33-22-7-3-2-4-8-22/h2-13,16,19-20H,14-15,17-18H2,1H3,(H,28,31)(H,27,29,32). The molecule has 2 heterocycles. The number of pyridine rings is 1. The van der Waals surface area contributed by atoms with Gasteiger partial charge in [0.25, 0.3) is 0 Å². The van der Waals surface area contributed by atoms with Crippen LogP contribution in [0.2, 0.25) is 0 Å². The maximum Gasteiger partial charge on any atom is 0.241 e. The van der Waals surface area contributed by atoms with Crippen LogP contribution in [0.1, 0.15) is 19.8 Å². The predicted molar refractivity (Wildman–Crippen MR) is 128 cm³/mol. The Morgan fingerprint density at radius 1 is 0.909 bits per heavy atom. The summed E-state index contributed by atoms with van der Waals surface area (Å²) >= 11 is 0. The lowest BCUT2D eigenvalue weighted by Crippen LogP contribution is -2.47. The van der Waals surface area contributed by atoms with Crippen LogP contribution in [-0.4, -0.2) is 40.8 Å². The number of hydrogen-bond acceptors (Lipinski definition) is 5. The highest BCUT2D eigenvalue weighted by molar-refractivity contribution is 5.94. The van der Waals surface area contributed by atoms with E-state index in [1.165, 1.54) is 0 Å². The summed E-state index contributed by atoms with van der Waals surface area (Å²) in [7, 11) is 0. The quantitative estimate of drug-likeness (QED) is 0.559. The van der Waals surface area contributed by atoms with Gasteiger partial charge in [-0.1, -0.05) is 24.3 Å². The van der Waals surface area contributed by atoms with Gasteiger partial charge in [0.05, 0.1) is 6.04 Å². The molecule has 2 aromatic carbocycles. The van der Waals surface area contributed by atoms with E-state index in [4.69, 9.17) is 4.74 Å². The molecule has 0 bridgehead atoms. The zero-order chi connectivity index (χ0) is 23.0. The zero-order valence-electron chi connectivity index (χ0n) is 18.6. The van der Waals surface area contributed by atoms with Gasteiger partial charge in [-0.05, 0) is 81.4 Å². The average Bonchev–Trinajstić information content (AvgIpc) is 2.86. The lowest BCUT2D eigenvalue weighted by Gasteiger charge is -2.34. The highest BCUT2D eigenvalue weighted by Gasteiger charge is 2.30. The van der Waals surface area contributed by atoms with Gasteiger partial charge in [-0.3, -0.25) is 14.5 Å². The molecule has 3 aromatic rings. The van der Waals surface area contributed by atoms with Crippen LogP contribution in [0, 0.1) is 5.92 Å². The highest BCUT2D eigenvalue weighted by atomic mass is 16.5. The molecule has 2 amide bonds. The van der Waals surface area contributed by atoms with E-state index in [1.807, 2.05) is 73.7 Å². The second-order valence-corrected chi connectivity index (χ2v) is 8.12. The van der Waals surface area contributed by atoms with E-state index in [0.29, 0.717) is 37.5 Å². The summed E-state index contributed by atoms with van der Waals surface area (Å²) in [5.41, 5.74) is 0.719. The molecule has 7 heteroatoms. The number of para-hydroxylation sites is 1. The Balaban J connectivity index is 1.24. The summed E-state index contributed by atoms with van der Waals surface area (Å²) in [5, 5.41) is 5.85. The second kappa shape index (κ2) is 10.7. The first kappa shape index (κ1) is 22.5. The Morgan fingerprint density at radius 3 is 2.24 bits per heavy atom. The van der Waals surface area contributed by atoms with E-state index < -0.39 is 0 Å². The first-order chi connectivity index (χ1) is 16.1. The molecule has 0 radical (unpaired) electrons. The van der Waals surface area contributed by atoms with Crippen LogP contribution in [0.3, 0.4) is 0 Å². The van der Waals surface area contributed by atoms with Crippen LogP contribution < -0.4 is 15.4 Å². The molecule has 1 fully saturated rings. The van der Waals surface area contributed by atoms with E-state index in [1.54, 1.807) is 12.3 Å². The number of nitrogens with one attached hydrogen (secondary N) is 2. The van der Waals surface area contributed by atoms with Gasteiger partial charge in [0.15, 0.2) is 0 Å². The largest absolute Gasteiger partial charge is 0.457 e. The number of nitrogens with zero attached hydrogens (tertiary/aromatic N) is 2. The number of amides is 2. The summed E-state index contributed by atoms with van der Waals surface area (Å²) in [6, 6.07) is 22.0. The summed E-state index contributed by atoms with van der Waals surface area (Å²) < 4.78 is 5.79. The monoisotopic (exact) mass is 444 g/mol. The molecule has 1 unspecified atom stereocenters. The SMILES string of the molecule is CC(C(=O)Nc1ccc(Oc2ccccc2)cc1)N1CCC(C(=O)Nc2ccccn2)CC1. The normalized spacial score (nSPS) is 15.4. The maximum atomic E-state index is 12.8. The summed E-state index contributed by atoms with van der Waals surface area (Å²) in [6.45, 7) is 3.29.